The van der Waals surface area contributed by atoms with Gasteiger partial charge >= 0.3 is 0 Å². The van der Waals surface area contributed by atoms with E-state index in [-0.39, 0.29) is 11.9 Å². The van der Waals surface area contributed by atoms with E-state index in [0.717, 1.165) is 32.7 Å². The number of aryl methyl sites for hydroxylation is 1. The Morgan fingerprint density at radius 1 is 1.24 bits per heavy atom. The van der Waals surface area contributed by atoms with E-state index in [9.17, 15) is 4.39 Å². The Morgan fingerprint density at radius 2 is 2.00 bits per heavy atom. The molecule has 0 aliphatic heterocycles. The van der Waals surface area contributed by atoms with Gasteiger partial charge in [0.05, 0.1) is 0 Å². The van der Waals surface area contributed by atoms with Gasteiger partial charge in [-0.1, -0.05) is 46.6 Å². The summed E-state index contributed by atoms with van der Waals surface area (Å²) in [4.78, 5) is 0. The summed E-state index contributed by atoms with van der Waals surface area (Å²) in [5.41, 5.74) is 3.11. The van der Waals surface area contributed by atoms with Gasteiger partial charge in [-0.25, -0.2) is 4.39 Å². The third-order valence-electron chi connectivity index (χ3n) is 3.34. The van der Waals surface area contributed by atoms with Crippen molar-refractivity contribution < 1.29 is 4.39 Å². The van der Waals surface area contributed by atoms with Crippen molar-refractivity contribution >= 4 is 27.5 Å². The second-order valence-electron chi connectivity index (χ2n) is 5.12. The number of rotatable bonds is 5. The summed E-state index contributed by atoms with van der Waals surface area (Å²) in [5.74, 6) is -0.232. The molecule has 2 aromatic rings. The van der Waals surface area contributed by atoms with Gasteiger partial charge in [-0.3, -0.25) is 0 Å². The Morgan fingerprint density at radius 3 is 2.62 bits per heavy atom. The summed E-state index contributed by atoms with van der Waals surface area (Å²) >= 11 is 9.70. The molecule has 0 aromatic heterocycles. The zero-order valence-corrected chi connectivity index (χ0v) is 14.4. The van der Waals surface area contributed by atoms with Crippen LogP contribution in [0.1, 0.15) is 29.7 Å². The number of nitrogens with one attached hydrogen (secondary N) is 1. The largest absolute Gasteiger partial charge is 0.310 e. The number of halogens is 3. The normalized spacial score (nSPS) is 12.4. The molecule has 0 spiro atoms. The van der Waals surface area contributed by atoms with Crippen LogP contribution in [-0.4, -0.2) is 6.54 Å². The van der Waals surface area contributed by atoms with Crippen molar-refractivity contribution in [3.8, 4) is 0 Å². The molecule has 4 heteroatoms. The first-order valence-corrected chi connectivity index (χ1v) is 8.11. The number of hydrogen-bond acceptors (Lipinski definition) is 1. The molecule has 0 fully saturated rings. The third-order valence-corrected chi connectivity index (χ3v) is 4.13. The van der Waals surface area contributed by atoms with Crippen molar-refractivity contribution in [2.75, 3.05) is 6.54 Å². The lowest BCUT2D eigenvalue weighted by Gasteiger charge is -2.20. The van der Waals surface area contributed by atoms with Crippen molar-refractivity contribution in [1.82, 2.24) is 5.32 Å². The maximum atomic E-state index is 13.5. The average Bonchev–Trinajstić information content (AvgIpc) is 2.37. The van der Waals surface area contributed by atoms with Crippen molar-refractivity contribution in [3.63, 3.8) is 0 Å². The third kappa shape index (κ3) is 4.53. The van der Waals surface area contributed by atoms with Gasteiger partial charge in [0.25, 0.3) is 0 Å². The molecular formula is C17H18BrClFN. The lowest BCUT2D eigenvalue weighted by Crippen LogP contribution is -2.23. The van der Waals surface area contributed by atoms with E-state index < -0.39 is 0 Å². The molecule has 1 unspecified atom stereocenters. The van der Waals surface area contributed by atoms with E-state index in [0.29, 0.717) is 6.42 Å². The highest BCUT2D eigenvalue weighted by Gasteiger charge is 2.15. The molecule has 0 amide bonds. The van der Waals surface area contributed by atoms with Crippen LogP contribution in [0.3, 0.4) is 0 Å². The first kappa shape index (κ1) is 16.5. The van der Waals surface area contributed by atoms with Crippen LogP contribution in [-0.2, 0) is 6.42 Å². The number of benzene rings is 2. The molecule has 0 aliphatic carbocycles. The number of hydrogen-bond donors (Lipinski definition) is 1. The summed E-state index contributed by atoms with van der Waals surface area (Å²) in [6.07, 6.45) is 0.687. The highest BCUT2D eigenvalue weighted by Crippen LogP contribution is 2.28. The lowest BCUT2D eigenvalue weighted by atomic mass is 9.98. The highest BCUT2D eigenvalue weighted by atomic mass is 79.9. The van der Waals surface area contributed by atoms with Crippen molar-refractivity contribution in [3.05, 3.63) is 68.4 Å². The van der Waals surface area contributed by atoms with Crippen molar-refractivity contribution in [2.45, 2.75) is 26.3 Å². The molecule has 0 saturated carbocycles. The van der Waals surface area contributed by atoms with Crippen LogP contribution >= 0.6 is 27.5 Å². The van der Waals surface area contributed by atoms with Crippen LogP contribution in [0.4, 0.5) is 4.39 Å². The van der Waals surface area contributed by atoms with Gasteiger partial charge in [0.1, 0.15) is 5.82 Å². The Labute approximate surface area is 138 Å². The van der Waals surface area contributed by atoms with Gasteiger partial charge in [0, 0.05) is 15.5 Å². The highest BCUT2D eigenvalue weighted by molar-refractivity contribution is 9.10. The van der Waals surface area contributed by atoms with Gasteiger partial charge < -0.3 is 5.32 Å². The molecule has 21 heavy (non-hydrogen) atoms. The maximum Gasteiger partial charge on any atom is 0.124 e. The minimum atomic E-state index is -0.232. The van der Waals surface area contributed by atoms with Gasteiger partial charge in [-0.05, 0) is 60.8 Å². The van der Waals surface area contributed by atoms with Crippen LogP contribution in [0.2, 0.25) is 5.02 Å². The monoisotopic (exact) mass is 369 g/mol. The van der Waals surface area contributed by atoms with E-state index in [2.05, 4.69) is 28.2 Å². The first-order valence-electron chi connectivity index (χ1n) is 6.94. The van der Waals surface area contributed by atoms with Crippen LogP contribution < -0.4 is 5.32 Å². The van der Waals surface area contributed by atoms with E-state index in [4.69, 9.17) is 11.6 Å². The predicted molar refractivity (Wildman–Crippen MR) is 90.4 cm³/mol. The summed E-state index contributed by atoms with van der Waals surface area (Å²) in [7, 11) is 0. The van der Waals surface area contributed by atoms with E-state index >= 15 is 0 Å². The zero-order valence-electron chi connectivity index (χ0n) is 12.1. The van der Waals surface area contributed by atoms with Crippen molar-refractivity contribution in [1.29, 1.82) is 0 Å². The predicted octanol–water partition coefficient (Wildman–Crippen LogP) is 5.44. The summed E-state index contributed by atoms with van der Waals surface area (Å²) in [5, 5.41) is 4.17. The molecule has 0 saturated heterocycles. The molecule has 1 N–H and O–H groups in total. The van der Waals surface area contributed by atoms with Gasteiger partial charge in [-0.15, -0.1) is 0 Å². The van der Waals surface area contributed by atoms with Crippen LogP contribution in [0.15, 0.2) is 40.9 Å². The Kier molecular flexibility index (Phi) is 5.80. The van der Waals surface area contributed by atoms with Crippen LogP contribution in [0.5, 0.6) is 0 Å². The van der Waals surface area contributed by atoms with Crippen molar-refractivity contribution in [2.24, 2.45) is 0 Å². The fourth-order valence-corrected chi connectivity index (χ4v) is 3.30. The topological polar surface area (TPSA) is 12.0 Å². The fourth-order valence-electron chi connectivity index (χ4n) is 2.42. The van der Waals surface area contributed by atoms with E-state index in [1.165, 1.54) is 6.07 Å². The molecular weight excluding hydrogens is 353 g/mol. The minimum absolute atomic E-state index is 0.0665. The second-order valence-corrected chi connectivity index (χ2v) is 6.44. The maximum absolute atomic E-state index is 13.5. The molecule has 1 nitrogen and oxygen atoms in total. The minimum Gasteiger partial charge on any atom is -0.310 e. The lowest BCUT2D eigenvalue weighted by molar-refractivity contribution is 0.546. The van der Waals surface area contributed by atoms with Gasteiger partial charge in [0.15, 0.2) is 0 Å². The quantitative estimate of drug-likeness (QED) is 0.738. The van der Waals surface area contributed by atoms with Crippen LogP contribution in [0, 0.1) is 12.7 Å². The second kappa shape index (κ2) is 7.39. The Hall–Kier alpha value is -0.900. The summed E-state index contributed by atoms with van der Waals surface area (Å²) < 4.78 is 14.3. The standard InChI is InChI=1S/C17H18BrClFN/c1-3-21-17(15-5-4-11(2)6-16(15)19)9-12-7-13(18)10-14(20)8-12/h4-8,10,17,21H,3,9H2,1-2H3. The summed E-state index contributed by atoms with van der Waals surface area (Å²) in [6, 6.07) is 11.1. The molecule has 1 atom stereocenters. The van der Waals surface area contributed by atoms with E-state index in [1.807, 2.05) is 31.2 Å². The molecule has 0 aliphatic rings. The molecule has 0 bridgehead atoms. The van der Waals surface area contributed by atoms with Gasteiger partial charge in [-0.2, -0.15) is 0 Å². The first-order chi connectivity index (χ1) is 9.99. The molecule has 0 heterocycles. The van der Waals surface area contributed by atoms with Crippen LogP contribution in [0.25, 0.3) is 0 Å². The Balaban J connectivity index is 2.30. The summed E-state index contributed by atoms with van der Waals surface area (Å²) in [6.45, 7) is 4.89. The zero-order chi connectivity index (χ0) is 15.4. The molecule has 0 radical (unpaired) electrons. The Bertz CT molecular complexity index is 610. The SMILES string of the molecule is CCNC(Cc1cc(F)cc(Br)c1)c1ccc(C)cc1Cl. The average molecular weight is 371 g/mol. The molecule has 2 aromatic carbocycles. The van der Waals surface area contributed by atoms with E-state index in [1.54, 1.807) is 6.07 Å². The molecule has 112 valence electrons. The number of likely N-dealkylation sites (N-methyl/N-ethyl adjacent to an activating group) is 1. The van der Waals surface area contributed by atoms with Gasteiger partial charge in [0.2, 0.25) is 0 Å². The smallest absolute Gasteiger partial charge is 0.124 e. The molecule has 2 rings (SSSR count). The fraction of sp³-hybridized carbons (Fsp3) is 0.294.